The average molecular weight is 224 g/mol. The monoisotopic (exact) mass is 224 g/mol. The molecule has 0 amide bonds. The third-order valence-electron chi connectivity index (χ3n) is 2.81. The van der Waals surface area contributed by atoms with Crippen molar-refractivity contribution in [3.63, 3.8) is 0 Å². The second-order valence-electron chi connectivity index (χ2n) is 3.94. The van der Waals surface area contributed by atoms with E-state index in [-0.39, 0.29) is 25.2 Å². The molecule has 1 aromatic rings. The molecule has 1 rings (SSSR count). The van der Waals surface area contributed by atoms with Crippen molar-refractivity contribution in [2.24, 2.45) is 5.92 Å². The molecule has 1 unspecified atom stereocenters. The first-order chi connectivity index (χ1) is 7.81. The van der Waals surface area contributed by atoms with Gasteiger partial charge in [0.05, 0.1) is 6.10 Å². The summed E-state index contributed by atoms with van der Waals surface area (Å²) < 4.78 is 5.41. The third-order valence-corrected chi connectivity index (χ3v) is 2.81. The van der Waals surface area contributed by atoms with Gasteiger partial charge in [0.1, 0.15) is 0 Å². The zero-order chi connectivity index (χ0) is 11.8. The van der Waals surface area contributed by atoms with Crippen LogP contribution in [-0.2, 0) is 4.74 Å². The standard InChI is InChI=1S/C13H20O3/c1-16-13(8-7-11(9-14)10-15)12-5-3-2-4-6-12/h2-6,11,13-15H,7-10H2,1H3. The number of hydrogen-bond donors (Lipinski definition) is 2. The second-order valence-corrected chi connectivity index (χ2v) is 3.94. The molecule has 0 aromatic heterocycles. The summed E-state index contributed by atoms with van der Waals surface area (Å²) in [6.07, 6.45) is 1.62. The van der Waals surface area contributed by atoms with Gasteiger partial charge in [0.25, 0.3) is 0 Å². The lowest BCUT2D eigenvalue weighted by Gasteiger charge is -2.18. The van der Waals surface area contributed by atoms with Crippen molar-refractivity contribution in [1.29, 1.82) is 0 Å². The second kappa shape index (κ2) is 7.39. The first-order valence-electron chi connectivity index (χ1n) is 5.61. The van der Waals surface area contributed by atoms with Crippen LogP contribution < -0.4 is 0 Å². The number of aliphatic hydroxyl groups is 2. The molecule has 3 nitrogen and oxygen atoms in total. The third kappa shape index (κ3) is 3.93. The van der Waals surface area contributed by atoms with Gasteiger partial charge in [0, 0.05) is 26.2 Å². The average Bonchev–Trinajstić information content (AvgIpc) is 2.36. The molecule has 0 aliphatic carbocycles. The van der Waals surface area contributed by atoms with Crippen molar-refractivity contribution in [2.45, 2.75) is 18.9 Å². The molecule has 0 saturated heterocycles. The quantitative estimate of drug-likeness (QED) is 0.742. The normalized spacial score (nSPS) is 13.0. The lowest BCUT2D eigenvalue weighted by Crippen LogP contribution is -2.13. The molecule has 0 bridgehead atoms. The maximum atomic E-state index is 8.98. The Balaban J connectivity index is 2.50. The molecule has 90 valence electrons. The molecule has 1 atom stereocenters. The Hall–Kier alpha value is -0.900. The lowest BCUT2D eigenvalue weighted by molar-refractivity contribution is 0.0749. The van der Waals surface area contributed by atoms with Crippen LogP contribution in [0, 0.1) is 5.92 Å². The van der Waals surface area contributed by atoms with Crippen LogP contribution >= 0.6 is 0 Å². The number of aliphatic hydroxyl groups excluding tert-OH is 2. The van der Waals surface area contributed by atoms with Crippen LogP contribution in [0.3, 0.4) is 0 Å². The summed E-state index contributed by atoms with van der Waals surface area (Å²) >= 11 is 0. The van der Waals surface area contributed by atoms with E-state index < -0.39 is 0 Å². The Kier molecular flexibility index (Phi) is 6.08. The Morgan fingerprint density at radius 3 is 2.19 bits per heavy atom. The highest BCUT2D eigenvalue weighted by molar-refractivity contribution is 5.17. The van der Waals surface area contributed by atoms with Crippen LogP contribution in [0.4, 0.5) is 0 Å². The van der Waals surface area contributed by atoms with E-state index in [1.165, 1.54) is 0 Å². The van der Waals surface area contributed by atoms with Crippen LogP contribution in [0.15, 0.2) is 30.3 Å². The van der Waals surface area contributed by atoms with E-state index in [2.05, 4.69) is 0 Å². The minimum atomic E-state index is -0.0404. The fourth-order valence-corrected chi connectivity index (χ4v) is 1.72. The summed E-state index contributed by atoms with van der Waals surface area (Å²) in [5.41, 5.74) is 1.14. The molecular formula is C13H20O3. The minimum Gasteiger partial charge on any atom is -0.396 e. The summed E-state index contributed by atoms with van der Waals surface area (Å²) in [5.74, 6) is -0.0404. The molecule has 3 heteroatoms. The van der Waals surface area contributed by atoms with Gasteiger partial charge in [-0.2, -0.15) is 0 Å². The van der Waals surface area contributed by atoms with Crippen LogP contribution in [0.1, 0.15) is 24.5 Å². The fraction of sp³-hybridized carbons (Fsp3) is 0.538. The van der Waals surface area contributed by atoms with E-state index in [1.807, 2.05) is 30.3 Å². The lowest BCUT2D eigenvalue weighted by atomic mass is 9.98. The zero-order valence-electron chi connectivity index (χ0n) is 9.67. The Bertz CT molecular complexity index is 270. The number of rotatable bonds is 7. The van der Waals surface area contributed by atoms with E-state index in [9.17, 15) is 0 Å². The molecule has 0 heterocycles. The highest BCUT2D eigenvalue weighted by atomic mass is 16.5. The van der Waals surface area contributed by atoms with Crippen molar-refractivity contribution in [2.75, 3.05) is 20.3 Å². The van der Waals surface area contributed by atoms with E-state index in [1.54, 1.807) is 7.11 Å². The summed E-state index contributed by atoms with van der Waals surface area (Å²) in [7, 11) is 1.69. The van der Waals surface area contributed by atoms with Crippen LogP contribution in [0.5, 0.6) is 0 Å². The van der Waals surface area contributed by atoms with Gasteiger partial charge in [-0.05, 0) is 18.4 Å². The Labute approximate surface area is 96.7 Å². The molecule has 1 aromatic carbocycles. The van der Waals surface area contributed by atoms with Crippen molar-refractivity contribution in [3.8, 4) is 0 Å². The molecule has 0 aliphatic heterocycles. The molecule has 0 radical (unpaired) electrons. The van der Waals surface area contributed by atoms with Gasteiger partial charge in [0.15, 0.2) is 0 Å². The van der Waals surface area contributed by atoms with E-state index in [4.69, 9.17) is 14.9 Å². The maximum absolute atomic E-state index is 8.98. The van der Waals surface area contributed by atoms with Crippen LogP contribution in [0.25, 0.3) is 0 Å². The molecule has 0 spiro atoms. The van der Waals surface area contributed by atoms with Crippen molar-refractivity contribution >= 4 is 0 Å². The van der Waals surface area contributed by atoms with Gasteiger partial charge in [-0.3, -0.25) is 0 Å². The van der Waals surface area contributed by atoms with Crippen molar-refractivity contribution in [3.05, 3.63) is 35.9 Å². The van der Waals surface area contributed by atoms with Crippen LogP contribution in [0.2, 0.25) is 0 Å². The molecular weight excluding hydrogens is 204 g/mol. The number of benzene rings is 1. The molecule has 2 N–H and O–H groups in total. The minimum absolute atomic E-state index is 0.0295. The predicted octanol–water partition coefficient (Wildman–Crippen LogP) is 1.76. The highest BCUT2D eigenvalue weighted by Crippen LogP contribution is 2.23. The van der Waals surface area contributed by atoms with E-state index >= 15 is 0 Å². The summed E-state index contributed by atoms with van der Waals surface area (Å²) in [5, 5.41) is 18.0. The van der Waals surface area contributed by atoms with Gasteiger partial charge in [-0.1, -0.05) is 30.3 Å². The predicted molar refractivity (Wildman–Crippen MR) is 63.1 cm³/mol. The van der Waals surface area contributed by atoms with Gasteiger partial charge in [-0.25, -0.2) is 0 Å². The van der Waals surface area contributed by atoms with Crippen molar-refractivity contribution < 1.29 is 14.9 Å². The Morgan fingerprint density at radius 1 is 1.06 bits per heavy atom. The SMILES string of the molecule is COC(CCC(CO)CO)c1ccccc1. The summed E-state index contributed by atoms with van der Waals surface area (Å²) in [4.78, 5) is 0. The van der Waals surface area contributed by atoms with E-state index in [0.29, 0.717) is 0 Å². The largest absolute Gasteiger partial charge is 0.396 e. The van der Waals surface area contributed by atoms with Crippen LogP contribution in [-0.4, -0.2) is 30.5 Å². The topological polar surface area (TPSA) is 49.7 Å². The molecule has 16 heavy (non-hydrogen) atoms. The van der Waals surface area contributed by atoms with E-state index in [0.717, 1.165) is 18.4 Å². The molecule has 0 saturated carbocycles. The summed E-state index contributed by atoms with van der Waals surface area (Å²) in [6.45, 7) is 0.0590. The highest BCUT2D eigenvalue weighted by Gasteiger charge is 2.13. The van der Waals surface area contributed by atoms with Crippen molar-refractivity contribution in [1.82, 2.24) is 0 Å². The van der Waals surface area contributed by atoms with Gasteiger partial charge < -0.3 is 14.9 Å². The number of methoxy groups -OCH3 is 1. The molecule has 0 fully saturated rings. The number of hydrogen-bond acceptors (Lipinski definition) is 3. The van der Waals surface area contributed by atoms with Gasteiger partial charge in [0.2, 0.25) is 0 Å². The number of ether oxygens (including phenoxy) is 1. The smallest absolute Gasteiger partial charge is 0.0821 e. The molecule has 0 aliphatic rings. The summed E-state index contributed by atoms with van der Waals surface area (Å²) in [6, 6.07) is 10.00. The fourth-order valence-electron chi connectivity index (χ4n) is 1.72. The first-order valence-corrected chi connectivity index (χ1v) is 5.61. The maximum Gasteiger partial charge on any atom is 0.0821 e. The Morgan fingerprint density at radius 2 is 1.69 bits per heavy atom. The zero-order valence-corrected chi connectivity index (χ0v) is 9.67. The van der Waals surface area contributed by atoms with Gasteiger partial charge >= 0.3 is 0 Å². The van der Waals surface area contributed by atoms with Gasteiger partial charge in [-0.15, -0.1) is 0 Å². The first kappa shape index (κ1) is 13.2.